The minimum atomic E-state index is -0.837. The number of halogens is 2. The lowest BCUT2D eigenvalue weighted by Gasteiger charge is -2.35. The van der Waals surface area contributed by atoms with E-state index in [1.807, 2.05) is 53.3 Å². The quantitative estimate of drug-likeness (QED) is 0.398. The Hall–Kier alpha value is -4.29. The van der Waals surface area contributed by atoms with Crippen LogP contribution in [0.5, 0.6) is 0 Å². The molecule has 1 aliphatic heterocycles. The summed E-state index contributed by atoms with van der Waals surface area (Å²) in [5.74, 6) is 0.0364. The maximum atomic E-state index is 14.3. The Bertz CT molecular complexity index is 1350. The number of hydrogen-bond donors (Lipinski definition) is 1. The molecule has 1 fully saturated rings. The van der Waals surface area contributed by atoms with Gasteiger partial charge in [0.05, 0.1) is 5.69 Å². The predicted octanol–water partition coefficient (Wildman–Crippen LogP) is 5.56. The number of nitrogens with zero attached hydrogens (tertiary/aromatic N) is 2. The lowest BCUT2D eigenvalue weighted by molar-refractivity contribution is -0.116. The highest BCUT2D eigenvalue weighted by molar-refractivity contribution is 6.04. The molecule has 4 rings (SSSR count). The number of carbonyl (C=O) groups is 2. The van der Waals surface area contributed by atoms with E-state index < -0.39 is 17.5 Å². The average Bonchev–Trinajstić information content (AvgIpc) is 2.93. The van der Waals surface area contributed by atoms with Gasteiger partial charge in [-0.15, -0.1) is 0 Å². The summed E-state index contributed by atoms with van der Waals surface area (Å²) >= 11 is 0. The zero-order valence-electron chi connectivity index (χ0n) is 21.1. The first-order valence-electron chi connectivity index (χ1n) is 12.5. The third kappa shape index (κ3) is 6.33. The Labute approximate surface area is 220 Å². The van der Waals surface area contributed by atoms with Crippen molar-refractivity contribution < 1.29 is 23.2 Å². The molecule has 0 saturated carbocycles. The molecule has 8 heteroatoms. The van der Waals surface area contributed by atoms with Crippen LogP contribution in [0, 0.1) is 11.6 Å². The van der Waals surface area contributed by atoms with Gasteiger partial charge in [0.15, 0.2) is 0 Å². The minimum Gasteiger partial charge on any atom is -0.366 e. The minimum absolute atomic E-state index is 0.0305. The number of anilines is 2. The molecule has 196 valence electrons. The molecule has 0 radical (unpaired) electrons. The fraction of sp³-hybridized carbons (Fsp3) is 0.267. The van der Waals surface area contributed by atoms with E-state index in [4.69, 9.17) is 0 Å². The van der Waals surface area contributed by atoms with Gasteiger partial charge < -0.3 is 15.1 Å². The first kappa shape index (κ1) is 26.8. The molecule has 0 aliphatic carbocycles. The molecule has 0 aromatic heterocycles. The summed E-state index contributed by atoms with van der Waals surface area (Å²) in [5.41, 5.74) is 2.77. The Kier molecular flexibility index (Phi) is 8.66. The molecule has 0 atom stereocenters. The van der Waals surface area contributed by atoms with E-state index in [0.29, 0.717) is 24.4 Å². The van der Waals surface area contributed by atoms with Crippen LogP contribution in [-0.4, -0.2) is 42.3 Å². The van der Waals surface area contributed by atoms with Crippen molar-refractivity contribution in [2.45, 2.75) is 32.1 Å². The number of para-hydroxylation sites is 1. The molecule has 3 aromatic rings. The fourth-order valence-corrected chi connectivity index (χ4v) is 4.85. The van der Waals surface area contributed by atoms with Crippen molar-refractivity contribution in [3.8, 4) is 0 Å². The van der Waals surface area contributed by atoms with Crippen LogP contribution in [0.1, 0.15) is 48.0 Å². The molecular formula is C30H29F2N3O3. The molecule has 1 N–H and O–H groups in total. The van der Waals surface area contributed by atoms with Gasteiger partial charge in [-0.2, -0.15) is 0 Å². The third-order valence-corrected chi connectivity index (χ3v) is 6.83. The highest BCUT2D eigenvalue weighted by Crippen LogP contribution is 2.34. The topological polar surface area (TPSA) is 69.7 Å². The van der Waals surface area contributed by atoms with Gasteiger partial charge in [0.2, 0.25) is 5.91 Å². The second-order valence-electron chi connectivity index (χ2n) is 9.23. The Morgan fingerprint density at radius 2 is 1.68 bits per heavy atom. The van der Waals surface area contributed by atoms with Gasteiger partial charge in [0.1, 0.15) is 23.3 Å². The van der Waals surface area contributed by atoms with Crippen molar-refractivity contribution in [3.05, 3.63) is 101 Å². The summed E-state index contributed by atoms with van der Waals surface area (Å²) in [4.78, 5) is 39.8. The van der Waals surface area contributed by atoms with E-state index in [0.717, 1.165) is 36.2 Å². The van der Waals surface area contributed by atoms with E-state index in [1.54, 1.807) is 12.1 Å². The van der Waals surface area contributed by atoms with E-state index >= 15 is 0 Å². The maximum Gasteiger partial charge on any atom is 0.255 e. The van der Waals surface area contributed by atoms with Crippen molar-refractivity contribution >= 4 is 29.1 Å². The molecule has 1 aliphatic rings. The Morgan fingerprint density at radius 1 is 1.00 bits per heavy atom. The highest BCUT2D eigenvalue weighted by Gasteiger charge is 2.26. The largest absolute Gasteiger partial charge is 0.366 e. The Balaban J connectivity index is 1.39. The molecule has 38 heavy (non-hydrogen) atoms. The zero-order valence-corrected chi connectivity index (χ0v) is 21.1. The smallest absolute Gasteiger partial charge is 0.255 e. The van der Waals surface area contributed by atoms with Crippen molar-refractivity contribution in [1.29, 1.82) is 0 Å². The number of carbonyl (C=O) groups excluding carboxylic acids is 3. The summed E-state index contributed by atoms with van der Waals surface area (Å²) in [5, 5.41) is 3.02. The van der Waals surface area contributed by atoms with Crippen molar-refractivity contribution in [2.24, 2.45) is 0 Å². The summed E-state index contributed by atoms with van der Waals surface area (Å²) in [6.45, 7) is 2.56. The van der Waals surface area contributed by atoms with Gasteiger partial charge in [0, 0.05) is 50.3 Å². The lowest BCUT2D eigenvalue weighted by Crippen LogP contribution is -2.36. The second kappa shape index (κ2) is 12.3. The maximum absolute atomic E-state index is 14.3. The average molecular weight is 518 g/mol. The molecule has 1 heterocycles. The van der Waals surface area contributed by atoms with Gasteiger partial charge in [-0.25, -0.2) is 13.6 Å². The van der Waals surface area contributed by atoms with E-state index in [9.17, 15) is 23.2 Å². The van der Waals surface area contributed by atoms with Gasteiger partial charge in [-0.3, -0.25) is 9.59 Å². The van der Waals surface area contributed by atoms with Crippen molar-refractivity contribution in [1.82, 2.24) is 4.90 Å². The van der Waals surface area contributed by atoms with Gasteiger partial charge in [0.25, 0.3) is 5.91 Å². The number of likely N-dealkylation sites (tertiary alicyclic amines) is 1. The van der Waals surface area contributed by atoms with Gasteiger partial charge in [-0.05, 0) is 54.7 Å². The van der Waals surface area contributed by atoms with Crippen LogP contribution in [0.2, 0.25) is 0 Å². The summed E-state index contributed by atoms with van der Waals surface area (Å²) in [6, 6.07) is 19.8. The number of nitrogens with one attached hydrogen (secondary N) is 1. The van der Waals surface area contributed by atoms with Crippen molar-refractivity contribution in [2.75, 3.05) is 29.9 Å². The number of piperidine rings is 1. The zero-order chi connectivity index (χ0) is 27.1. The number of rotatable bonds is 8. The molecular weight excluding hydrogens is 488 g/mol. The van der Waals surface area contributed by atoms with Gasteiger partial charge >= 0.3 is 0 Å². The van der Waals surface area contributed by atoms with Crippen molar-refractivity contribution in [3.63, 3.8) is 0 Å². The van der Waals surface area contributed by atoms with E-state index in [1.165, 1.54) is 17.9 Å². The number of hydrogen-bond acceptors (Lipinski definition) is 4. The molecule has 2 amide bonds. The SMILES string of the molecule is CC(=O)N(CCC(=C=O)N1CCC(c2ccccc2NC(=O)c2ccccc2)CC1)c1ccc(F)cc1F. The molecule has 1 saturated heterocycles. The summed E-state index contributed by atoms with van der Waals surface area (Å²) < 4.78 is 27.6. The second-order valence-corrected chi connectivity index (χ2v) is 9.23. The lowest BCUT2D eigenvalue weighted by atomic mass is 9.88. The monoisotopic (exact) mass is 517 g/mol. The molecule has 3 aromatic carbocycles. The van der Waals surface area contributed by atoms with Crippen LogP contribution in [-0.2, 0) is 9.59 Å². The van der Waals surface area contributed by atoms with Crippen LogP contribution < -0.4 is 10.2 Å². The standard InChI is InChI=1S/C30H29F2N3O3/c1-21(37)35(29-12-11-24(31)19-27(29)32)18-15-25(20-36)34-16-13-22(14-17-34)26-9-5-6-10-28(26)33-30(38)23-7-3-2-4-8-23/h2-12,19,22H,13-18H2,1H3,(H,33,38). The highest BCUT2D eigenvalue weighted by atomic mass is 19.1. The predicted molar refractivity (Wildman–Crippen MR) is 143 cm³/mol. The fourth-order valence-electron chi connectivity index (χ4n) is 4.85. The molecule has 0 unspecified atom stereocenters. The normalized spacial score (nSPS) is 13.5. The number of amides is 2. The number of benzene rings is 3. The summed E-state index contributed by atoms with van der Waals surface area (Å²) in [7, 11) is 0. The third-order valence-electron chi connectivity index (χ3n) is 6.83. The van der Waals surface area contributed by atoms with Crippen LogP contribution in [0.4, 0.5) is 20.2 Å². The first-order valence-corrected chi connectivity index (χ1v) is 12.5. The van der Waals surface area contributed by atoms with E-state index in [2.05, 4.69) is 5.32 Å². The Morgan fingerprint density at radius 3 is 2.34 bits per heavy atom. The van der Waals surface area contributed by atoms with Crippen LogP contribution in [0.15, 0.2) is 78.5 Å². The van der Waals surface area contributed by atoms with Crippen LogP contribution >= 0.6 is 0 Å². The molecule has 0 bridgehead atoms. The molecule has 6 nitrogen and oxygen atoms in total. The van der Waals surface area contributed by atoms with Crippen LogP contribution in [0.25, 0.3) is 0 Å². The summed E-state index contributed by atoms with van der Waals surface area (Å²) in [6.07, 6.45) is 1.70. The van der Waals surface area contributed by atoms with Gasteiger partial charge in [-0.1, -0.05) is 36.4 Å². The van der Waals surface area contributed by atoms with E-state index in [-0.39, 0.29) is 30.5 Å². The molecule has 0 spiro atoms. The first-order chi connectivity index (χ1) is 18.4. The van der Waals surface area contributed by atoms with Crippen LogP contribution in [0.3, 0.4) is 0 Å².